The number of hydrogen-bond donors (Lipinski definition) is 1. The maximum Gasteiger partial charge on any atom is 0.243 e. The molecule has 1 atom stereocenters. The van der Waals surface area contributed by atoms with Crippen molar-refractivity contribution in [1.82, 2.24) is 5.43 Å². The topological polar surface area (TPSA) is 41.5 Å². The van der Waals surface area contributed by atoms with E-state index in [1.165, 1.54) is 30.0 Å². The number of hydrogen-bond acceptors (Lipinski definition) is 2. The Kier molecular flexibility index (Phi) is 3.03. The monoisotopic (exact) mass is 292 g/mol. The molecule has 1 spiro atoms. The van der Waals surface area contributed by atoms with Gasteiger partial charge < -0.3 is 0 Å². The Morgan fingerprint density at radius 3 is 2.64 bits per heavy atom. The van der Waals surface area contributed by atoms with Crippen molar-refractivity contribution in [3.63, 3.8) is 0 Å². The normalized spacial score (nSPS) is 22.4. The van der Waals surface area contributed by atoms with Gasteiger partial charge >= 0.3 is 0 Å². The number of nitrogens with zero attached hydrogens (tertiary/aromatic N) is 1. The van der Waals surface area contributed by atoms with Crippen molar-refractivity contribution in [2.75, 3.05) is 0 Å². The van der Waals surface area contributed by atoms with Crippen molar-refractivity contribution in [2.45, 2.75) is 32.6 Å². The van der Waals surface area contributed by atoms with Crippen LogP contribution in [-0.4, -0.2) is 11.6 Å². The largest absolute Gasteiger partial charge is 0.273 e. The lowest BCUT2D eigenvalue weighted by Crippen LogP contribution is -2.26. The van der Waals surface area contributed by atoms with Crippen LogP contribution in [0.2, 0.25) is 0 Å². The summed E-state index contributed by atoms with van der Waals surface area (Å²) in [6.45, 7) is 1.94. The molecule has 2 saturated carbocycles. The van der Waals surface area contributed by atoms with Crippen LogP contribution in [0.15, 0.2) is 47.6 Å². The Labute approximate surface area is 130 Å². The first kappa shape index (κ1) is 13.5. The molecule has 4 rings (SSSR count). The third-order valence-corrected chi connectivity index (χ3v) is 5.36. The van der Waals surface area contributed by atoms with E-state index in [0.717, 1.165) is 17.7 Å². The number of amides is 1. The summed E-state index contributed by atoms with van der Waals surface area (Å²) in [5, 5.41) is 6.71. The van der Waals surface area contributed by atoms with E-state index in [1.807, 2.05) is 19.1 Å². The third-order valence-electron chi connectivity index (χ3n) is 5.36. The molecule has 0 aliphatic heterocycles. The Bertz CT molecular complexity index is 774. The average molecular weight is 292 g/mol. The summed E-state index contributed by atoms with van der Waals surface area (Å²) in [7, 11) is 0. The van der Waals surface area contributed by atoms with Crippen molar-refractivity contribution < 1.29 is 4.79 Å². The second-order valence-electron chi connectivity index (χ2n) is 6.71. The van der Waals surface area contributed by atoms with Crippen molar-refractivity contribution in [3.8, 4) is 0 Å². The third kappa shape index (κ3) is 2.21. The van der Waals surface area contributed by atoms with Gasteiger partial charge in [-0.05, 0) is 54.0 Å². The number of carbonyl (C=O) groups is 1. The SMILES string of the molecule is CC(=NNC(=O)[C@H]1CC12CCC2)c1ccc2ccccc2c1. The van der Waals surface area contributed by atoms with Crippen LogP contribution in [0.3, 0.4) is 0 Å². The van der Waals surface area contributed by atoms with Crippen LogP contribution >= 0.6 is 0 Å². The van der Waals surface area contributed by atoms with E-state index in [-0.39, 0.29) is 11.8 Å². The Morgan fingerprint density at radius 1 is 1.18 bits per heavy atom. The fraction of sp³-hybridized carbons (Fsp3) is 0.368. The van der Waals surface area contributed by atoms with E-state index in [2.05, 4.69) is 40.9 Å². The van der Waals surface area contributed by atoms with Gasteiger partial charge in [0, 0.05) is 5.92 Å². The zero-order valence-electron chi connectivity index (χ0n) is 12.8. The van der Waals surface area contributed by atoms with E-state index < -0.39 is 0 Å². The van der Waals surface area contributed by atoms with Gasteiger partial charge in [0.1, 0.15) is 0 Å². The van der Waals surface area contributed by atoms with Crippen molar-refractivity contribution in [3.05, 3.63) is 48.0 Å². The number of nitrogens with one attached hydrogen (secondary N) is 1. The van der Waals surface area contributed by atoms with Gasteiger partial charge in [-0.1, -0.05) is 42.8 Å². The predicted octanol–water partition coefficient (Wildman–Crippen LogP) is 3.87. The molecule has 2 aromatic carbocycles. The molecule has 0 radical (unpaired) electrons. The molecule has 1 N–H and O–H groups in total. The van der Waals surface area contributed by atoms with Gasteiger partial charge in [0.15, 0.2) is 0 Å². The highest BCUT2D eigenvalue weighted by molar-refractivity contribution is 6.02. The lowest BCUT2D eigenvalue weighted by molar-refractivity contribution is -0.123. The van der Waals surface area contributed by atoms with Crippen LogP contribution in [0, 0.1) is 11.3 Å². The van der Waals surface area contributed by atoms with E-state index in [4.69, 9.17) is 0 Å². The maximum atomic E-state index is 12.1. The quantitative estimate of drug-likeness (QED) is 0.677. The minimum absolute atomic E-state index is 0.0971. The van der Waals surface area contributed by atoms with Gasteiger partial charge in [0.2, 0.25) is 5.91 Å². The molecule has 2 aromatic rings. The summed E-state index contributed by atoms with van der Waals surface area (Å²) in [6.07, 6.45) is 4.78. The molecule has 3 nitrogen and oxygen atoms in total. The van der Waals surface area contributed by atoms with Crippen LogP contribution in [0.25, 0.3) is 10.8 Å². The van der Waals surface area contributed by atoms with Crippen LogP contribution in [0.1, 0.15) is 38.2 Å². The maximum absolute atomic E-state index is 12.1. The van der Waals surface area contributed by atoms with Gasteiger partial charge in [-0.3, -0.25) is 4.79 Å². The molecule has 22 heavy (non-hydrogen) atoms. The zero-order chi connectivity index (χ0) is 15.2. The molecule has 2 fully saturated rings. The molecule has 3 heteroatoms. The van der Waals surface area contributed by atoms with E-state index >= 15 is 0 Å². The van der Waals surface area contributed by atoms with E-state index in [0.29, 0.717) is 5.41 Å². The molecule has 0 bridgehead atoms. The summed E-state index contributed by atoms with van der Waals surface area (Å²) in [5.74, 6) is 0.300. The second-order valence-corrected chi connectivity index (χ2v) is 6.71. The number of rotatable bonds is 3. The molecule has 0 unspecified atom stereocenters. The van der Waals surface area contributed by atoms with Crippen LogP contribution in [0.4, 0.5) is 0 Å². The van der Waals surface area contributed by atoms with Crippen molar-refractivity contribution in [2.24, 2.45) is 16.4 Å². The first-order valence-corrected chi connectivity index (χ1v) is 8.01. The average Bonchev–Trinajstić information content (AvgIpc) is 3.28. The first-order chi connectivity index (χ1) is 10.7. The van der Waals surface area contributed by atoms with Crippen LogP contribution in [-0.2, 0) is 4.79 Å². The van der Waals surface area contributed by atoms with Gasteiger partial charge in [-0.25, -0.2) is 5.43 Å². The summed E-state index contributed by atoms with van der Waals surface area (Å²) < 4.78 is 0. The Balaban J connectivity index is 1.47. The predicted molar refractivity (Wildman–Crippen MR) is 88.7 cm³/mol. The molecule has 2 aliphatic rings. The fourth-order valence-corrected chi connectivity index (χ4v) is 3.60. The molecular weight excluding hydrogens is 272 g/mol. The number of hydrazone groups is 1. The Hall–Kier alpha value is -2.16. The van der Waals surface area contributed by atoms with Gasteiger partial charge in [0.25, 0.3) is 0 Å². The van der Waals surface area contributed by atoms with Gasteiger partial charge in [-0.15, -0.1) is 0 Å². The number of fused-ring (bicyclic) bond motifs is 1. The number of benzene rings is 2. The van der Waals surface area contributed by atoms with Crippen LogP contribution < -0.4 is 5.43 Å². The number of carbonyl (C=O) groups excluding carboxylic acids is 1. The lowest BCUT2D eigenvalue weighted by Gasteiger charge is -2.25. The highest BCUT2D eigenvalue weighted by atomic mass is 16.2. The molecule has 0 heterocycles. The molecule has 0 aromatic heterocycles. The molecule has 2 aliphatic carbocycles. The molecule has 0 saturated heterocycles. The van der Waals surface area contributed by atoms with Crippen LogP contribution in [0.5, 0.6) is 0 Å². The standard InChI is InChI=1S/C19H20N2O/c1-13(15-8-7-14-5-2-3-6-16(14)11-15)20-21-18(22)17-12-19(17)9-4-10-19/h2-3,5-8,11,17H,4,9-10,12H2,1H3,(H,21,22)/t17-/m1/s1. The first-order valence-electron chi connectivity index (χ1n) is 8.01. The summed E-state index contributed by atoms with van der Waals surface area (Å²) in [6, 6.07) is 14.5. The zero-order valence-corrected chi connectivity index (χ0v) is 12.8. The minimum Gasteiger partial charge on any atom is -0.273 e. The Morgan fingerprint density at radius 2 is 1.95 bits per heavy atom. The summed E-state index contributed by atoms with van der Waals surface area (Å²) >= 11 is 0. The smallest absolute Gasteiger partial charge is 0.243 e. The highest BCUT2D eigenvalue weighted by Gasteiger charge is 2.60. The highest BCUT2D eigenvalue weighted by Crippen LogP contribution is 2.65. The van der Waals surface area contributed by atoms with E-state index in [1.54, 1.807) is 0 Å². The fourth-order valence-electron chi connectivity index (χ4n) is 3.60. The molecule has 1 amide bonds. The van der Waals surface area contributed by atoms with Gasteiger partial charge in [-0.2, -0.15) is 5.10 Å². The van der Waals surface area contributed by atoms with Gasteiger partial charge in [0.05, 0.1) is 5.71 Å². The molecule has 112 valence electrons. The van der Waals surface area contributed by atoms with Crippen molar-refractivity contribution >= 4 is 22.4 Å². The molecular formula is C19H20N2O. The van der Waals surface area contributed by atoms with Crippen molar-refractivity contribution in [1.29, 1.82) is 0 Å². The second kappa shape index (κ2) is 4.94. The summed E-state index contributed by atoms with van der Waals surface area (Å²) in [5.41, 5.74) is 5.02. The summed E-state index contributed by atoms with van der Waals surface area (Å²) in [4.78, 5) is 12.1. The lowest BCUT2D eigenvalue weighted by atomic mass is 9.80. The van der Waals surface area contributed by atoms with E-state index in [9.17, 15) is 4.79 Å². The minimum atomic E-state index is 0.0971.